The van der Waals surface area contributed by atoms with Crippen molar-refractivity contribution in [3.05, 3.63) is 59.3 Å². The smallest absolute Gasteiger partial charge is 0.272 e. The Morgan fingerprint density at radius 1 is 1.32 bits per heavy atom. The van der Waals surface area contributed by atoms with Gasteiger partial charge in [-0.3, -0.25) is 4.79 Å². The number of carbonyl (C=O) groups is 1. The van der Waals surface area contributed by atoms with Crippen molar-refractivity contribution in [2.75, 3.05) is 13.2 Å². The van der Waals surface area contributed by atoms with Gasteiger partial charge in [-0.15, -0.1) is 0 Å². The number of rotatable bonds is 6. The molecule has 2 aromatic rings. The summed E-state index contributed by atoms with van der Waals surface area (Å²) in [4.78, 5) is 16.0. The second-order valence-corrected chi connectivity index (χ2v) is 5.96. The Morgan fingerprint density at radius 3 is 2.84 bits per heavy atom. The van der Waals surface area contributed by atoms with Gasteiger partial charge >= 0.3 is 0 Å². The van der Waals surface area contributed by atoms with E-state index in [9.17, 15) is 18.7 Å². The van der Waals surface area contributed by atoms with Gasteiger partial charge in [-0.2, -0.15) is 0 Å². The molecule has 0 saturated heterocycles. The van der Waals surface area contributed by atoms with E-state index in [-0.39, 0.29) is 18.0 Å². The summed E-state index contributed by atoms with van der Waals surface area (Å²) >= 11 is 0. The molecule has 1 heterocycles. The van der Waals surface area contributed by atoms with E-state index in [4.69, 9.17) is 4.74 Å². The minimum absolute atomic E-state index is 0.0280. The summed E-state index contributed by atoms with van der Waals surface area (Å²) in [5, 5.41) is 13.5. The number of halogens is 2. The summed E-state index contributed by atoms with van der Waals surface area (Å²) in [6.45, 7) is -0.655. The molecule has 1 atom stereocenters. The molecule has 1 aromatic heterocycles. The van der Waals surface area contributed by atoms with Crippen molar-refractivity contribution in [2.24, 2.45) is 0 Å². The van der Waals surface area contributed by atoms with Crippen LogP contribution in [0, 0.1) is 0 Å². The Labute approximate surface area is 143 Å². The number of benzene rings is 1. The van der Waals surface area contributed by atoms with Gasteiger partial charge < -0.3 is 15.2 Å². The fraction of sp³-hybridized carbons (Fsp3) is 0.333. The molecule has 3 rings (SSSR count). The highest BCUT2D eigenvalue weighted by Crippen LogP contribution is 2.36. The lowest BCUT2D eigenvalue weighted by molar-refractivity contribution is 0.0369. The summed E-state index contributed by atoms with van der Waals surface area (Å²) in [5.74, 6) is -0.370. The van der Waals surface area contributed by atoms with Gasteiger partial charge in [0.1, 0.15) is 5.60 Å². The van der Waals surface area contributed by atoms with E-state index in [2.05, 4.69) is 10.3 Å². The minimum atomic E-state index is -2.58. The van der Waals surface area contributed by atoms with Crippen LogP contribution in [0.3, 0.4) is 0 Å². The first-order chi connectivity index (χ1) is 12.0. The molecule has 0 bridgehead atoms. The highest BCUT2D eigenvalue weighted by molar-refractivity contribution is 5.93. The van der Waals surface area contributed by atoms with Gasteiger partial charge in [-0.25, -0.2) is 13.8 Å². The quantitative estimate of drug-likeness (QED) is 0.840. The maximum atomic E-state index is 12.2. The molecule has 132 valence electrons. The van der Waals surface area contributed by atoms with Crippen LogP contribution in [0.1, 0.15) is 27.9 Å². The number of amides is 1. The molecular formula is C18H18F2N2O3. The highest BCUT2D eigenvalue weighted by atomic mass is 19.3. The number of nitrogens with zero attached hydrogens (tertiary/aromatic N) is 1. The van der Waals surface area contributed by atoms with Crippen molar-refractivity contribution >= 4 is 5.91 Å². The van der Waals surface area contributed by atoms with Gasteiger partial charge in [0.05, 0.1) is 12.1 Å². The van der Waals surface area contributed by atoms with Crippen molar-refractivity contribution in [1.82, 2.24) is 10.3 Å². The molecule has 1 aromatic carbocycles. The second kappa shape index (κ2) is 7.14. The Kier molecular flexibility index (Phi) is 4.94. The van der Waals surface area contributed by atoms with E-state index in [1.165, 1.54) is 18.3 Å². The molecule has 0 aliphatic heterocycles. The predicted molar refractivity (Wildman–Crippen MR) is 86.7 cm³/mol. The third-order valence-corrected chi connectivity index (χ3v) is 4.22. The predicted octanol–water partition coefficient (Wildman–Crippen LogP) is 2.29. The van der Waals surface area contributed by atoms with E-state index in [1.54, 1.807) is 0 Å². The Bertz CT molecular complexity index is 752. The number of hydrogen-bond acceptors (Lipinski definition) is 4. The monoisotopic (exact) mass is 348 g/mol. The number of hydrogen-bond donors (Lipinski definition) is 2. The zero-order chi connectivity index (χ0) is 17.9. The average Bonchev–Trinajstić information content (AvgIpc) is 2.96. The van der Waals surface area contributed by atoms with Gasteiger partial charge in [0.25, 0.3) is 12.3 Å². The molecule has 1 aliphatic carbocycles. The second-order valence-electron chi connectivity index (χ2n) is 5.96. The van der Waals surface area contributed by atoms with E-state index < -0.39 is 24.5 Å². The summed E-state index contributed by atoms with van der Waals surface area (Å²) < 4.78 is 28.9. The third kappa shape index (κ3) is 3.93. The SMILES string of the molecule is O=C(NCC1(O)CCc2ccccc21)c1ccc(OCC(F)F)nc1. The summed E-state index contributed by atoms with van der Waals surface area (Å²) in [5.41, 5.74) is 1.10. The lowest BCUT2D eigenvalue weighted by atomic mass is 9.96. The maximum Gasteiger partial charge on any atom is 0.272 e. The normalized spacial score (nSPS) is 18.9. The van der Waals surface area contributed by atoms with E-state index in [0.29, 0.717) is 6.42 Å². The number of aryl methyl sites for hydroxylation is 1. The van der Waals surface area contributed by atoms with Crippen LogP contribution in [0.5, 0.6) is 5.88 Å². The van der Waals surface area contributed by atoms with Gasteiger partial charge in [-0.1, -0.05) is 24.3 Å². The first-order valence-corrected chi connectivity index (χ1v) is 7.94. The fourth-order valence-electron chi connectivity index (χ4n) is 2.93. The molecule has 1 aliphatic rings. The van der Waals surface area contributed by atoms with E-state index in [1.807, 2.05) is 24.3 Å². The van der Waals surface area contributed by atoms with Crippen LogP contribution in [0.25, 0.3) is 0 Å². The van der Waals surface area contributed by atoms with Crippen molar-refractivity contribution in [3.63, 3.8) is 0 Å². The molecule has 2 N–H and O–H groups in total. The third-order valence-electron chi connectivity index (χ3n) is 4.22. The average molecular weight is 348 g/mol. The summed E-state index contributed by atoms with van der Waals surface area (Å²) in [6.07, 6.45) is -0.0197. The number of ether oxygens (including phenoxy) is 1. The Balaban J connectivity index is 1.60. The summed E-state index contributed by atoms with van der Waals surface area (Å²) in [6, 6.07) is 10.4. The van der Waals surface area contributed by atoms with Gasteiger partial charge in [0.15, 0.2) is 6.61 Å². The molecule has 1 amide bonds. The molecule has 25 heavy (non-hydrogen) atoms. The van der Waals surface area contributed by atoms with Crippen LogP contribution >= 0.6 is 0 Å². The highest BCUT2D eigenvalue weighted by Gasteiger charge is 2.36. The van der Waals surface area contributed by atoms with Crippen LogP contribution in [0.15, 0.2) is 42.6 Å². The van der Waals surface area contributed by atoms with Crippen LogP contribution in [0.2, 0.25) is 0 Å². The molecule has 1 unspecified atom stereocenters. The topological polar surface area (TPSA) is 71.5 Å². The molecule has 0 saturated carbocycles. The number of alkyl halides is 2. The largest absolute Gasteiger partial charge is 0.472 e. The van der Waals surface area contributed by atoms with Crippen LogP contribution in [0.4, 0.5) is 8.78 Å². The van der Waals surface area contributed by atoms with Crippen molar-refractivity contribution < 1.29 is 23.4 Å². The maximum absolute atomic E-state index is 12.2. The van der Waals surface area contributed by atoms with Crippen molar-refractivity contribution in [3.8, 4) is 5.88 Å². The number of carbonyl (C=O) groups excluding carboxylic acids is 1. The van der Waals surface area contributed by atoms with Crippen LogP contribution in [-0.4, -0.2) is 35.6 Å². The molecule has 5 nitrogen and oxygen atoms in total. The number of nitrogens with one attached hydrogen (secondary N) is 1. The van der Waals surface area contributed by atoms with E-state index >= 15 is 0 Å². The number of aromatic nitrogens is 1. The number of pyridine rings is 1. The lowest BCUT2D eigenvalue weighted by Crippen LogP contribution is -2.39. The molecule has 0 fully saturated rings. The number of aliphatic hydroxyl groups is 1. The molecule has 7 heteroatoms. The zero-order valence-corrected chi connectivity index (χ0v) is 13.4. The number of fused-ring (bicyclic) bond motifs is 1. The Morgan fingerprint density at radius 2 is 2.12 bits per heavy atom. The fourth-order valence-corrected chi connectivity index (χ4v) is 2.93. The van der Waals surface area contributed by atoms with Crippen molar-refractivity contribution in [1.29, 1.82) is 0 Å². The van der Waals surface area contributed by atoms with Crippen LogP contribution < -0.4 is 10.1 Å². The first-order valence-electron chi connectivity index (χ1n) is 7.94. The zero-order valence-electron chi connectivity index (χ0n) is 13.4. The van der Waals surface area contributed by atoms with Gasteiger partial charge in [0.2, 0.25) is 5.88 Å². The standard InChI is InChI=1S/C18H18F2N2O3/c19-15(20)10-25-16-6-5-13(9-21-16)17(23)22-11-18(24)8-7-12-3-1-2-4-14(12)18/h1-6,9,15,24H,7-8,10-11H2,(H,22,23). The summed E-state index contributed by atoms with van der Waals surface area (Å²) in [7, 11) is 0. The molecular weight excluding hydrogens is 330 g/mol. The first kappa shape index (κ1) is 17.3. The molecule has 0 radical (unpaired) electrons. The lowest BCUT2D eigenvalue weighted by Gasteiger charge is -2.24. The Hall–Kier alpha value is -2.54. The van der Waals surface area contributed by atoms with Gasteiger partial charge in [0, 0.05) is 12.3 Å². The minimum Gasteiger partial charge on any atom is -0.472 e. The van der Waals surface area contributed by atoms with Gasteiger partial charge in [-0.05, 0) is 30.0 Å². The van der Waals surface area contributed by atoms with Crippen LogP contribution in [-0.2, 0) is 12.0 Å². The van der Waals surface area contributed by atoms with E-state index in [0.717, 1.165) is 17.5 Å². The van der Waals surface area contributed by atoms with Crippen molar-refractivity contribution in [2.45, 2.75) is 24.9 Å². The molecule has 0 spiro atoms.